The summed E-state index contributed by atoms with van der Waals surface area (Å²) in [4.78, 5) is 25.2. The standard InChI is InChI=1S/C24H29F5N8O4S/c25-17-9-19(42(40,41)34-23(39)33-36-10-13-2-1-3-14(13)11-36)18(26)7-15(17)6-16(30)8-21(38)35-4-5-37-20(12-35)31-32-22(37)24(27,28)29/h7,9,13-14,16H,1-6,8,10-12,30H2,(H2,33,34,39)/t13?,14?,16-/m1/s1. The number of benzene rings is 1. The lowest BCUT2D eigenvalue weighted by Crippen LogP contribution is -2.48. The number of nitrogens with one attached hydrogen (secondary N) is 2. The number of carbonyl (C=O) groups is 2. The maximum atomic E-state index is 14.8. The molecule has 2 aliphatic heterocycles. The van der Waals surface area contributed by atoms with Gasteiger partial charge in [-0.2, -0.15) is 13.2 Å². The summed E-state index contributed by atoms with van der Waals surface area (Å²) in [6, 6.07) is -1.05. The molecule has 3 atom stereocenters. The molecule has 42 heavy (non-hydrogen) atoms. The molecule has 5 rings (SSSR count). The van der Waals surface area contributed by atoms with E-state index in [0.29, 0.717) is 37.1 Å². The fourth-order valence-corrected chi connectivity index (χ4v) is 6.86. The Morgan fingerprint density at radius 2 is 1.76 bits per heavy atom. The molecular weight excluding hydrogens is 591 g/mol. The molecule has 1 saturated carbocycles. The number of fused-ring (bicyclic) bond motifs is 2. The first-order valence-corrected chi connectivity index (χ1v) is 14.8. The third-order valence-corrected chi connectivity index (χ3v) is 9.23. The van der Waals surface area contributed by atoms with Gasteiger partial charge in [0.1, 0.15) is 16.5 Å². The highest BCUT2D eigenvalue weighted by Crippen LogP contribution is 2.37. The number of halogens is 5. The molecule has 2 aromatic rings. The Bertz CT molecular complexity index is 1470. The number of alkyl halides is 3. The minimum absolute atomic E-state index is 0.0503. The maximum absolute atomic E-state index is 14.8. The second kappa shape index (κ2) is 11.4. The van der Waals surface area contributed by atoms with Crippen molar-refractivity contribution in [3.05, 3.63) is 41.0 Å². The van der Waals surface area contributed by atoms with Gasteiger partial charge in [-0.1, -0.05) is 6.42 Å². The lowest BCUT2D eigenvalue weighted by Gasteiger charge is -2.29. The lowest BCUT2D eigenvalue weighted by atomic mass is 10.0. The van der Waals surface area contributed by atoms with Crippen LogP contribution >= 0.6 is 0 Å². The highest BCUT2D eigenvalue weighted by atomic mass is 32.2. The van der Waals surface area contributed by atoms with E-state index >= 15 is 0 Å². The van der Waals surface area contributed by atoms with Gasteiger partial charge in [0.15, 0.2) is 5.82 Å². The summed E-state index contributed by atoms with van der Waals surface area (Å²) in [7, 11) is -4.76. The number of nitrogens with zero attached hydrogens (tertiary/aromatic N) is 5. The zero-order valence-corrected chi connectivity index (χ0v) is 23.0. The number of hydrogen-bond acceptors (Lipinski definition) is 8. The molecule has 12 nitrogen and oxygen atoms in total. The van der Waals surface area contributed by atoms with Crippen LogP contribution < -0.4 is 15.9 Å². The van der Waals surface area contributed by atoms with Crippen molar-refractivity contribution in [2.45, 2.75) is 62.3 Å². The molecule has 0 radical (unpaired) electrons. The van der Waals surface area contributed by atoms with Crippen molar-refractivity contribution in [3.63, 3.8) is 0 Å². The highest BCUT2D eigenvalue weighted by Gasteiger charge is 2.40. The molecular formula is C24H29F5N8O4S. The molecule has 1 aromatic carbocycles. The molecule has 18 heteroatoms. The second-order valence-electron chi connectivity index (χ2n) is 10.8. The van der Waals surface area contributed by atoms with Gasteiger partial charge in [-0.05, 0) is 48.8 Å². The number of aromatic nitrogens is 3. The van der Waals surface area contributed by atoms with Crippen molar-refractivity contribution in [3.8, 4) is 0 Å². The number of hydrogen-bond donors (Lipinski definition) is 3. The molecule has 0 bridgehead atoms. The van der Waals surface area contributed by atoms with Crippen molar-refractivity contribution in [2.75, 3.05) is 19.6 Å². The molecule has 3 aliphatic rings. The van der Waals surface area contributed by atoms with E-state index in [9.17, 15) is 40.0 Å². The van der Waals surface area contributed by atoms with E-state index in [1.165, 1.54) is 4.90 Å². The van der Waals surface area contributed by atoms with Crippen molar-refractivity contribution < 1.29 is 40.0 Å². The van der Waals surface area contributed by atoms with E-state index in [1.807, 2.05) is 0 Å². The summed E-state index contributed by atoms with van der Waals surface area (Å²) < 4.78 is 96.6. The number of amides is 3. The molecule has 2 fully saturated rings. The molecule has 0 spiro atoms. The lowest BCUT2D eigenvalue weighted by molar-refractivity contribution is -0.148. The average molecular weight is 621 g/mol. The smallest absolute Gasteiger partial charge is 0.333 e. The fourth-order valence-electron chi connectivity index (χ4n) is 5.89. The summed E-state index contributed by atoms with van der Waals surface area (Å²) in [6.45, 7) is 0.686. The topological polar surface area (TPSA) is 156 Å². The maximum Gasteiger partial charge on any atom is 0.451 e. The van der Waals surface area contributed by atoms with Gasteiger partial charge < -0.3 is 15.2 Å². The van der Waals surface area contributed by atoms with E-state index in [4.69, 9.17) is 5.73 Å². The van der Waals surface area contributed by atoms with Crippen LogP contribution in [0, 0.1) is 23.5 Å². The normalized spacial score (nSPS) is 21.6. The van der Waals surface area contributed by atoms with E-state index in [1.54, 1.807) is 9.73 Å². The highest BCUT2D eigenvalue weighted by molar-refractivity contribution is 7.90. The van der Waals surface area contributed by atoms with Crippen LogP contribution in [0.25, 0.3) is 0 Å². The number of urea groups is 1. The minimum Gasteiger partial charge on any atom is -0.333 e. The van der Waals surface area contributed by atoms with Crippen LogP contribution in [0.3, 0.4) is 0 Å². The van der Waals surface area contributed by atoms with Gasteiger partial charge >= 0.3 is 12.2 Å². The van der Waals surface area contributed by atoms with Crippen molar-refractivity contribution in [2.24, 2.45) is 17.6 Å². The molecule has 1 aromatic heterocycles. The van der Waals surface area contributed by atoms with E-state index in [-0.39, 0.29) is 43.9 Å². The Morgan fingerprint density at radius 1 is 1.07 bits per heavy atom. The SMILES string of the molecule is N[C@@H](CC(=O)N1CCn2c(nnc2C(F)(F)F)C1)Cc1cc(F)c(S(=O)(=O)NC(=O)NN2CC3CCCC3C2)cc1F. The monoisotopic (exact) mass is 620 g/mol. The summed E-state index contributed by atoms with van der Waals surface area (Å²) in [6.07, 6.45) is -2.20. The van der Waals surface area contributed by atoms with Crippen molar-refractivity contribution >= 4 is 22.0 Å². The van der Waals surface area contributed by atoms with Gasteiger partial charge in [0.05, 0.1) is 6.54 Å². The summed E-state index contributed by atoms with van der Waals surface area (Å²) in [5.74, 6) is -3.33. The van der Waals surface area contributed by atoms with Crippen LogP contribution in [-0.4, -0.2) is 70.7 Å². The number of hydrazine groups is 1. The fraction of sp³-hybridized carbons (Fsp3) is 0.583. The number of sulfonamides is 1. The summed E-state index contributed by atoms with van der Waals surface area (Å²) in [5, 5.41) is 8.26. The zero-order valence-electron chi connectivity index (χ0n) is 22.2. The third kappa shape index (κ3) is 6.34. The third-order valence-electron chi connectivity index (χ3n) is 7.88. The van der Waals surface area contributed by atoms with Gasteiger partial charge in [-0.25, -0.2) is 31.7 Å². The van der Waals surface area contributed by atoms with Crippen LogP contribution in [0.4, 0.5) is 26.7 Å². The molecule has 1 saturated heterocycles. The van der Waals surface area contributed by atoms with Crippen LogP contribution in [0.2, 0.25) is 0 Å². The quantitative estimate of drug-likeness (QED) is 0.394. The Balaban J connectivity index is 1.16. The van der Waals surface area contributed by atoms with Gasteiger partial charge in [-0.15, -0.1) is 10.2 Å². The van der Waals surface area contributed by atoms with Gasteiger partial charge in [0, 0.05) is 38.6 Å². The zero-order chi connectivity index (χ0) is 30.4. The largest absolute Gasteiger partial charge is 0.451 e. The van der Waals surface area contributed by atoms with Gasteiger partial charge in [0.25, 0.3) is 10.0 Å². The molecule has 2 unspecified atom stereocenters. The van der Waals surface area contributed by atoms with Crippen LogP contribution in [0.15, 0.2) is 17.0 Å². The first-order chi connectivity index (χ1) is 19.7. The van der Waals surface area contributed by atoms with E-state index in [0.717, 1.165) is 23.8 Å². The van der Waals surface area contributed by atoms with Crippen LogP contribution in [0.5, 0.6) is 0 Å². The van der Waals surface area contributed by atoms with E-state index < -0.39 is 56.5 Å². The van der Waals surface area contributed by atoms with Crippen molar-refractivity contribution in [1.82, 2.24) is 34.8 Å². The Hall–Kier alpha value is -3.38. The Kier molecular flexibility index (Phi) is 8.14. The van der Waals surface area contributed by atoms with Crippen LogP contribution in [-0.2, 0) is 40.5 Å². The molecule has 1 aliphatic carbocycles. The number of carbonyl (C=O) groups excluding carboxylic acids is 2. The van der Waals surface area contributed by atoms with Crippen LogP contribution in [0.1, 0.15) is 42.9 Å². The summed E-state index contributed by atoms with van der Waals surface area (Å²) in [5.41, 5.74) is 8.12. The first kappa shape index (κ1) is 30.1. The number of rotatable bonds is 7. The predicted molar refractivity (Wildman–Crippen MR) is 134 cm³/mol. The van der Waals surface area contributed by atoms with E-state index in [2.05, 4.69) is 15.6 Å². The predicted octanol–water partition coefficient (Wildman–Crippen LogP) is 1.51. The first-order valence-electron chi connectivity index (χ1n) is 13.3. The molecule has 3 heterocycles. The Morgan fingerprint density at radius 3 is 2.43 bits per heavy atom. The number of nitrogens with two attached hydrogens (primary N) is 1. The van der Waals surface area contributed by atoms with Gasteiger partial charge in [-0.3, -0.25) is 10.2 Å². The summed E-state index contributed by atoms with van der Waals surface area (Å²) >= 11 is 0. The molecule has 230 valence electrons. The molecule has 3 amide bonds. The second-order valence-corrected chi connectivity index (χ2v) is 12.5. The minimum atomic E-state index is -4.76. The Labute approximate surface area is 237 Å². The molecule has 4 N–H and O–H groups in total. The van der Waals surface area contributed by atoms with Crippen molar-refractivity contribution in [1.29, 1.82) is 0 Å². The van der Waals surface area contributed by atoms with Gasteiger partial charge in [0.2, 0.25) is 11.7 Å². The average Bonchev–Trinajstić information content (AvgIpc) is 3.59.